The zero-order chi connectivity index (χ0) is 10.4. The van der Waals surface area contributed by atoms with Crippen LogP contribution in [-0.2, 0) is 0 Å². The van der Waals surface area contributed by atoms with Gasteiger partial charge in [0.25, 0.3) is 0 Å². The molecule has 72 valence electrons. The quantitative estimate of drug-likeness (QED) is 0.736. The topological polar surface area (TPSA) is 35.8 Å². The van der Waals surface area contributed by atoms with Gasteiger partial charge < -0.3 is 5.32 Å². The highest BCUT2D eigenvalue weighted by Crippen LogP contribution is 2.12. The number of hydrogen-bond acceptors (Lipinski definition) is 2. The SMILES string of the molecule is CCN/C(=C\C#N)c1cccc(C)c1. The van der Waals surface area contributed by atoms with Crippen molar-refractivity contribution in [1.29, 1.82) is 5.26 Å². The third-order valence-corrected chi connectivity index (χ3v) is 1.91. The number of nitrogens with one attached hydrogen (secondary N) is 1. The second-order valence-electron chi connectivity index (χ2n) is 3.09. The largest absolute Gasteiger partial charge is 0.384 e. The van der Waals surface area contributed by atoms with Gasteiger partial charge in [0.05, 0.1) is 11.8 Å². The van der Waals surface area contributed by atoms with E-state index < -0.39 is 0 Å². The van der Waals surface area contributed by atoms with E-state index in [1.165, 1.54) is 11.6 Å². The number of aryl methyl sites for hydroxylation is 1. The molecule has 0 bridgehead atoms. The predicted molar refractivity (Wildman–Crippen MR) is 58.4 cm³/mol. The van der Waals surface area contributed by atoms with Crippen molar-refractivity contribution in [3.63, 3.8) is 0 Å². The Labute approximate surface area is 84.9 Å². The summed E-state index contributed by atoms with van der Waals surface area (Å²) in [5, 5.41) is 11.8. The Balaban J connectivity index is 3.01. The summed E-state index contributed by atoms with van der Waals surface area (Å²) in [4.78, 5) is 0. The first-order chi connectivity index (χ1) is 6.77. The molecule has 0 saturated heterocycles. The fourth-order valence-corrected chi connectivity index (χ4v) is 1.30. The molecule has 0 aliphatic carbocycles. The predicted octanol–water partition coefficient (Wildman–Crippen LogP) is 2.47. The summed E-state index contributed by atoms with van der Waals surface area (Å²) in [6.45, 7) is 4.88. The van der Waals surface area contributed by atoms with Gasteiger partial charge in [0.1, 0.15) is 0 Å². The highest BCUT2D eigenvalue weighted by molar-refractivity contribution is 5.66. The number of hydrogen-bond donors (Lipinski definition) is 1. The van der Waals surface area contributed by atoms with Gasteiger partial charge in [-0.3, -0.25) is 0 Å². The Hall–Kier alpha value is -1.75. The van der Waals surface area contributed by atoms with Crippen molar-refractivity contribution in [3.8, 4) is 6.07 Å². The molecular weight excluding hydrogens is 172 g/mol. The van der Waals surface area contributed by atoms with Gasteiger partial charge in [-0.15, -0.1) is 0 Å². The van der Waals surface area contributed by atoms with Gasteiger partial charge in [-0.05, 0) is 25.5 Å². The molecule has 1 aromatic carbocycles. The van der Waals surface area contributed by atoms with E-state index in [2.05, 4.69) is 11.4 Å². The molecule has 2 nitrogen and oxygen atoms in total. The van der Waals surface area contributed by atoms with Crippen molar-refractivity contribution < 1.29 is 0 Å². The van der Waals surface area contributed by atoms with E-state index in [0.717, 1.165) is 17.8 Å². The Bertz CT molecular complexity index is 372. The zero-order valence-corrected chi connectivity index (χ0v) is 8.54. The van der Waals surface area contributed by atoms with Crippen LogP contribution in [0.25, 0.3) is 5.70 Å². The van der Waals surface area contributed by atoms with E-state index in [4.69, 9.17) is 5.26 Å². The van der Waals surface area contributed by atoms with Crippen LogP contribution in [0.3, 0.4) is 0 Å². The average Bonchev–Trinajstić information content (AvgIpc) is 2.17. The number of nitriles is 1. The van der Waals surface area contributed by atoms with Crippen molar-refractivity contribution in [2.24, 2.45) is 0 Å². The third-order valence-electron chi connectivity index (χ3n) is 1.91. The van der Waals surface area contributed by atoms with Gasteiger partial charge in [0.15, 0.2) is 0 Å². The molecule has 0 atom stereocenters. The molecule has 2 heteroatoms. The van der Waals surface area contributed by atoms with Gasteiger partial charge in [-0.1, -0.05) is 23.8 Å². The van der Waals surface area contributed by atoms with E-state index in [1.807, 2.05) is 38.1 Å². The number of rotatable bonds is 3. The lowest BCUT2D eigenvalue weighted by molar-refractivity contribution is 0.940. The summed E-state index contributed by atoms with van der Waals surface area (Å²) in [5.41, 5.74) is 3.15. The Kier molecular flexibility index (Phi) is 3.75. The van der Waals surface area contributed by atoms with Crippen LogP contribution in [0.15, 0.2) is 30.3 Å². The van der Waals surface area contributed by atoms with Crippen LogP contribution < -0.4 is 5.32 Å². The normalized spacial score (nSPS) is 10.8. The highest BCUT2D eigenvalue weighted by atomic mass is 14.9. The molecule has 0 radical (unpaired) electrons. The lowest BCUT2D eigenvalue weighted by atomic mass is 10.1. The van der Waals surface area contributed by atoms with Crippen LogP contribution in [0.4, 0.5) is 0 Å². The van der Waals surface area contributed by atoms with Gasteiger partial charge in [0.2, 0.25) is 0 Å². The van der Waals surface area contributed by atoms with Crippen LogP contribution >= 0.6 is 0 Å². The maximum atomic E-state index is 8.63. The molecular formula is C12H14N2. The maximum Gasteiger partial charge on any atom is 0.0933 e. The summed E-state index contributed by atoms with van der Waals surface area (Å²) in [6.07, 6.45) is 1.54. The van der Waals surface area contributed by atoms with Crippen LogP contribution in [0.1, 0.15) is 18.1 Å². The molecule has 0 heterocycles. The van der Waals surface area contributed by atoms with Gasteiger partial charge >= 0.3 is 0 Å². The fraction of sp³-hybridized carbons (Fsp3) is 0.250. The first-order valence-corrected chi connectivity index (χ1v) is 4.68. The second-order valence-corrected chi connectivity index (χ2v) is 3.09. The molecule has 0 aliphatic rings. The molecule has 14 heavy (non-hydrogen) atoms. The molecule has 0 saturated carbocycles. The summed E-state index contributed by atoms with van der Waals surface area (Å²) in [7, 11) is 0. The summed E-state index contributed by atoms with van der Waals surface area (Å²) < 4.78 is 0. The zero-order valence-electron chi connectivity index (χ0n) is 8.54. The highest BCUT2D eigenvalue weighted by Gasteiger charge is 1.99. The first kappa shape index (κ1) is 10.3. The minimum atomic E-state index is 0.821. The Morgan fingerprint density at radius 3 is 2.93 bits per heavy atom. The average molecular weight is 186 g/mol. The lowest BCUT2D eigenvalue weighted by Gasteiger charge is -2.08. The molecule has 1 rings (SSSR count). The van der Waals surface area contributed by atoms with Crippen molar-refractivity contribution in [2.75, 3.05) is 6.54 Å². The summed E-state index contributed by atoms with van der Waals surface area (Å²) in [6, 6.07) is 10.1. The van der Waals surface area contributed by atoms with Crippen molar-refractivity contribution >= 4 is 5.70 Å². The lowest BCUT2D eigenvalue weighted by Crippen LogP contribution is -2.10. The summed E-state index contributed by atoms with van der Waals surface area (Å²) >= 11 is 0. The Morgan fingerprint density at radius 1 is 1.57 bits per heavy atom. The van der Waals surface area contributed by atoms with E-state index >= 15 is 0 Å². The van der Waals surface area contributed by atoms with E-state index in [0.29, 0.717) is 0 Å². The van der Waals surface area contributed by atoms with E-state index in [-0.39, 0.29) is 0 Å². The Morgan fingerprint density at radius 2 is 2.36 bits per heavy atom. The van der Waals surface area contributed by atoms with Crippen molar-refractivity contribution in [3.05, 3.63) is 41.5 Å². The summed E-state index contributed by atoms with van der Waals surface area (Å²) in [5.74, 6) is 0. The number of nitrogens with zero attached hydrogens (tertiary/aromatic N) is 1. The van der Waals surface area contributed by atoms with Crippen molar-refractivity contribution in [1.82, 2.24) is 5.32 Å². The molecule has 0 amide bonds. The van der Waals surface area contributed by atoms with Crippen LogP contribution in [0.2, 0.25) is 0 Å². The minimum absolute atomic E-state index is 0.821. The molecule has 1 aromatic rings. The van der Waals surface area contributed by atoms with E-state index in [9.17, 15) is 0 Å². The number of allylic oxidation sites excluding steroid dienone is 1. The second kappa shape index (κ2) is 5.08. The smallest absolute Gasteiger partial charge is 0.0933 e. The van der Waals surface area contributed by atoms with E-state index in [1.54, 1.807) is 0 Å². The maximum absolute atomic E-state index is 8.63. The van der Waals surface area contributed by atoms with Crippen LogP contribution in [-0.4, -0.2) is 6.54 Å². The van der Waals surface area contributed by atoms with Crippen molar-refractivity contribution in [2.45, 2.75) is 13.8 Å². The fourth-order valence-electron chi connectivity index (χ4n) is 1.30. The van der Waals surface area contributed by atoms with Gasteiger partial charge in [-0.25, -0.2) is 0 Å². The number of benzene rings is 1. The molecule has 0 fully saturated rings. The third kappa shape index (κ3) is 2.63. The molecule has 0 spiro atoms. The van der Waals surface area contributed by atoms with Gasteiger partial charge in [0, 0.05) is 12.6 Å². The first-order valence-electron chi connectivity index (χ1n) is 4.68. The van der Waals surface area contributed by atoms with Crippen LogP contribution in [0, 0.1) is 18.3 Å². The van der Waals surface area contributed by atoms with Crippen LogP contribution in [0.5, 0.6) is 0 Å². The molecule has 1 N–H and O–H groups in total. The minimum Gasteiger partial charge on any atom is -0.384 e. The standard InChI is InChI=1S/C12H14N2/c1-3-14-12(7-8-13)11-6-4-5-10(2)9-11/h4-7,9,14H,3H2,1-2H3/b12-7-. The van der Waals surface area contributed by atoms with Gasteiger partial charge in [-0.2, -0.15) is 5.26 Å². The molecule has 0 aliphatic heterocycles. The monoisotopic (exact) mass is 186 g/mol. The molecule has 0 aromatic heterocycles. The molecule has 0 unspecified atom stereocenters.